The highest BCUT2D eigenvalue weighted by Gasteiger charge is 2.17. The molecule has 0 unspecified atom stereocenters. The lowest BCUT2D eigenvalue weighted by atomic mass is 10.2. The normalized spacial score (nSPS) is 15.0. The number of carbonyl (C=O) groups excluding carboxylic acids is 1. The lowest BCUT2D eigenvalue weighted by Crippen LogP contribution is -2.48. The van der Waals surface area contributed by atoms with E-state index >= 15 is 0 Å². The number of halogens is 1. The highest BCUT2D eigenvalue weighted by Crippen LogP contribution is 2.17. The summed E-state index contributed by atoms with van der Waals surface area (Å²) in [4.78, 5) is 21.5. The van der Waals surface area contributed by atoms with Crippen molar-refractivity contribution in [1.29, 1.82) is 0 Å². The number of piperazine rings is 1. The van der Waals surface area contributed by atoms with E-state index in [0.717, 1.165) is 56.2 Å². The Balaban J connectivity index is 1.13. The van der Waals surface area contributed by atoms with E-state index in [2.05, 4.69) is 20.1 Å². The van der Waals surface area contributed by atoms with Crippen LogP contribution in [0.4, 0.5) is 4.39 Å². The Morgan fingerprint density at radius 1 is 0.938 bits per heavy atom. The van der Waals surface area contributed by atoms with Gasteiger partial charge in [0.25, 0.3) is 0 Å². The molecule has 2 aromatic carbocycles. The molecular formula is C25H30FN5O. The van der Waals surface area contributed by atoms with Crippen molar-refractivity contribution in [3.05, 3.63) is 78.4 Å². The molecule has 0 saturated carbocycles. The van der Waals surface area contributed by atoms with E-state index in [1.54, 1.807) is 6.20 Å². The van der Waals surface area contributed by atoms with Crippen LogP contribution in [0.25, 0.3) is 11.4 Å². The monoisotopic (exact) mass is 435 g/mol. The second-order valence-electron chi connectivity index (χ2n) is 8.15. The molecule has 1 aliphatic rings. The van der Waals surface area contributed by atoms with Gasteiger partial charge in [-0.1, -0.05) is 42.5 Å². The highest BCUT2D eigenvalue weighted by molar-refractivity contribution is 5.75. The fraction of sp³-hybridized carbons (Fsp3) is 0.360. The van der Waals surface area contributed by atoms with Crippen molar-refractivity contribution in [3.8, 4) is 11.4 Å². The summed E-state index contributed by atoms with van der Waals surface area (Å²) in [6.45, 7) is 6.90. The van der Waals surface area contributed by atoms with E-state index in [1.807, 2.05) is 53.2 Å². The molecule has 3 aromatic rings. The van der Waals surface area contributed by atoms with Crippen LogP contribution in [0.3, 0.4) is 0 Å². The van der Waals surface area contributed by atoms with Gasteiger partial charge in [0.15, 0.2) is 0 Å². The summed E-state index contributed by atoms with van der Waals surface area (Å²) in [5.41, 5.74) is 2.19. The van der Waals surface area contributed by atoms with E-state index in [0.29, 0.717) is 19.5 Å². The van der Waals surface area contributed by atoms with Crippen LogP contribution in [0.5, 0.6) is 0 Å². The number of benzene rings is 2. The van der Waals surface area contributed by atoms with Crippen molar-refractivity contribution in [3.63, 3.8) is 0 Å². The van der Waals surface area contributed by atoms with Gasteiger partial charge in [0, 0.05) is 76.7 Å². The summed E-state index contributed by atoms with van der Waals surface area (Å²) in [5, 5.41) is 3.04. The lowest BCUT2D eigenvalue weighted by molar-refractivity contribution is -0.121. The first-order valence-electron chi connectivity index (χ1n) is 11.2. The molecule has 1 saturated heterocycles. The molecule has 1 aliphatic heterocycles. The Morgan fingerprint density at radius 2 is 1.66 bits per heavy atom. The fourth-order valence-corrected chi connectivity index (χ4v) is 4.02. The van der Waals surface area contributed by atoms with Crippen LogP contribution in [0.15, 0.2) is 67.0 Å². The molecule has 0 bridgehead atoms. The maximum atomic E-state index is 13.0. The van der Waals surface area contributed by atoms with Crippen molar-refractivity contribution in [1.82, 2.24) is 24.7 Å². The quantitative estimate of drug-likeness (QED) is 0.562. The van der Waals surface area contributed by atoms with Crippen LogP contribution in [0, 0.1) is 5.82 Å². The molecule has 2 heterocycles. The van der Waals surface area contributed by atoms with E-state index in [4.69, 9.17) is 0 Å². The molecule has 0 aliphatic carbocycles. The maximum absolute atomic E-state index is 13.0. The first-order valence-corrected chi connectivity index (χ1v) is 11.2. The van der Waals surface area contributed by atoms with Crippen molar-refractivity contribution >= 4 is 5.91 Å². The standard InChI is InChI=1S/C25H30FN5O/c26-23-8-6-21(7-9-23)20-30-18-16-29(17-19-30)14-11-27-24(32)10-13-31-15-12-28-25(31)22-4-2-1-3-5-22/h1-9,12,15H,10-11,13-14,16-20H2,(H,27,32). The number of hydrogen-bond donors (Lipinski definition) is 1. The Morgan fingerprint density at radius 3 is 2.41 bits per heavy atom. The largest absolute Gasteiger partial charge is 0.355 e. The third-order valence-electron chi connectivity index (χ3n) is 5.86. The van der Waals surface area contributed by atoms with Gasteiger partial charge >= 0.3 is 0 Å². The van der Waals surface area contributed by atoms with E-state index in [9.17, 15) is 9.18 Å². The van der Waals surface area contributed by atoms with Crippen LogP contribution >= 0.6 is 0 Å². The SMILES string of the molecule is O=C(CCn1ccnc1-c1ccccc1)NCCN1CCN(Cc2ccc(F)cc2)CC1. The molecule has 0 atom stereocenters. The number of amides is 1. The van der Waals surface area contributed by atoms with Gasteiger partial charge in [-0.2, -0.15) is 0 Å². The van der Waals surface area contributed by atoms with Gasteiger partial charge in [-0.05, 0) is 17.7 Å². The molecule has 4 rings (SSSR count). The minimum atomic E-state index is -0.192. The molecule has 1 aromatic heterocycles. The van der Waals surface area contributed by atoms with Crippen molar-refractivity contribution in [2.45, 2.75) is 19.5 Å². The third kappa shape index (κ3) is 6.24. The van der Waals surface area contributed by atoms with Crippen molar-refractivity contribution < 1.29 is 9.18 Å². The summed E-state index contributed by atoms with van der Waals surface area (Å²) >= 11 is 0. The summed E-state index contributed by atoms with van der Waals surface area (Å²) in [6, 6.07) is 16.8. The Labute approximate surface area is 188 Å². The topological polar surface area (TPSA) is 53.4 Å². The van der Waals surface area contributed by atoms with E-state index in [1.165, 1.54) is 12.1 Å². The fourth-order valence-electron chi connectivity index (χ4n) is 4.02. The van der Waals surface area contributed by atoms with Gasteiger partial charge in [-0.3, -0.25) is 14.6 Å². The number of carbonyl (C=O) groups is 1. The molecule has 1 amide bonds. The third-order valence-corrected chi connectivity index (χ3v) is 5.86. The average molecular weight is 436 g/mol. The molecule has 0 spiro atoms. The summed E-state index contributed by atoms with van der Waals surface area (Å²) in [5.74, 6) is 0.756. The number of aryl methyl sites for hydroxylation is 1. The molecule has 1 fully saturated rings. The second kappa shape index (κ2) is 11.0. The maximum Gasteiger partial charge on any atom is 0.221 e. The molecule has 0 radical (unpaired) electrons. The van der Waals surface area contributed by atoms with Crippen molar-refractivity contribution in [2.75, 3.05) is 39.3 Å². The Hall–Kier alpha value is -3.03. The number of hydrogen-bond acceptors (Lipinski definition) is 4. The van der Waals surface area contributed by atoms with Gasteiger partial charge in [0.2, 0.25) is 5.91 Å². The van der Waals surface area contributed by atoms with Crippen LogP contribution in [-0.2, 0) is 17.9 Å². The van der Waals surface area contributed by atoms with E-state index in [-0.39, 0.29) is 11.7 Å². The molecule has 6 nitrogen and oxygen atoms in total. The number of imidazole rings is 1. The van der Waals surface area contributed by atoms with Gasteiger partial charge < -0.3 is 9.88 Å². The lowest BCUT2D eigenvalue weighted by Gasteiger charge is -2.34. The summed E-state index contributed by atoms with van der Waals surface area (Å²) in [7, 11) is 0. The smallest absolute Gasteiger partial charge is 0.221 e. The van der Waals surface area contributed by atoms with Crippen LogP contribution in [-0.4, -0.2) is 64.5 Å². The summed E-state index contributed by atoms with van der Waals surface area (Å²) < 4.78 is 15.1. The zero-order valence-electron chi connectivity index (χ0n) is 18.3. The van der Waals surface area contributed by atoms with Gasteiger partial charge in [-0.25, -0.2) is 9.37 Å². The van der Waals surface area contributed by atoms with Crippen LogP contribution < -0.4 is 5.32 Å². The zero-order chi connectivity index (χ0) is 22.2. The predicted molar refractivity (Wildman–Crippen MR) is 123 cm³/mol. The molecule has 7 heteroatoms. The molecule has 32 heavy (non-hydrogen) atoms. The molecule has 168 valence electrons. The minimum absolute atomic E-state index is 0.0626. The van der Waals surface area contributed by atoms with Gasteiger partial charge in [0.1, 0.15) is 11.6 Å². The highest BCUT2D eigenvalue weighted by atomic mass is 19.1. The van der Waals surface area contributed by atoms with E-state index < -0.39 is 0 Å². The number of nitrogens with one attached hydrogen (secondary N) is 1. The predicted octanol–water partition coefficient (Wildman–Crippen LogP) is 3.01. The van der Waals surface area contributed by atoms with Crippen LogP contribution in [0.2, 0.25) is 0 Å². The van der Waals surface area contributed by atoms with Crippen molar-refractivity contribution in [2.24, 2.45) is 0 Å². The number of rotatable bonds is 9. The Kier molecular flexibility index (Phi) is 7.64. The average Bonchev–Trinajstić information content (AvgIpc) is 3.30. The molecular weight excluding hydrogens is 405 g/mol. The van der Waals surface area contributed by atoms with Gasteiger partial charge in [-0.15, -0.1) is 0 Å². The first-order chi connectivity index (χ1) is 15.7. The zero-order valence-corrected chi connectivity index (χ0v) is 18.3. The second-order valence-corrected chi connectivity index (χ2v) is 8.15. The number of nitrogens with zero attached hydrogens (tertiary/aromatic N) is 4. The minimum Gasteiger partial charge on any atom is -0.355 e. The summed E-state index contributed by atoms with van der Waals surface area (Å²) in [6.07, 6.45) is 4.12. The molecule has 1 N–H and O–H groups in total. The number of aromatic nitrogens is 2. The Bertz CT molecular complexity index is 981. The first kappa shape index (κ1) is 22.2. The van der Waals surface area contributed by atoms with Gasteiger partial charge in [0.05, 0.1) is 0 Å². The van der Waals surface area contributed by atoms with Crippen LogP contribution in [0.1, 0.15) is 12.0 Å².